The van der Waals surface area contributed by atoms with Gasteiger partial charge in [-0.15, -0.1) is 11.3 Å². The Morgan fingerprint density at radius 3 is 2.91 bits per heavy atom. The molecule has 0 saturated heterocycles. The molecule has 0 amide bonds. The third kappa shape index (κ3) is 2.46. The summed E-state index contributed by atoms with van der Waals surface area (Å²) in [7, 11) is 0. The highest BCUT2D eigenvalue weighted by molar-refractivity contribution is 7.15. The maximum Gasteiger partial charge on any atom is 0.309 e. The second-order valence-electron chi connectivity index (χ2n) is 4.90. The number of aromatic nitrogens is 2. The van der Waals surface area contributed by atoms with E-state index in [1.54, 1.807) is 0 Å². The number of imidazole rings is 1. The molecule has 0 spiro atoms. The molecule has 2 aromatic heterocycles. The Balaban J connectivity index is 2.24. The summed E-state index contributed by atoms with van der Waals surface area (Å²) in [6.45, 7) is 4.42. The molecule has 0 saturated carbocycles. The molecule has 2 heterocycles. The predicted molar refractivity (Wildman–Crippen MR) is 85.8 cm³/mol. The highest BCUT2D eigenvalue weighted by atomic mass is 32.1. The fourth-order valence-electron chi connectivity index (χ4n) is 2.53. The number of carboxylic acids is 1. The standard InChI is InChI=1S/C16H16N2O3S/c1-3-21-13-7-5-4-6-11(13)15-12(8-14(19)20)18-10(2)9-22-16(18)17-15/h4-7,9H,3,8H2,1-2H3,(H,19,20). The number of aryl methyl sites for hydroxylation is 1. The van der Waals surface area contributed by atoms with Gasteiger partial charge in [-0.2, -0.15) is 0 Å². The van der Waals surface area contributed by atoms with Gasteiger partial charge in [0, 0.05) is 16.6 Å². The fourth-order valence-corrected chi connectivity index (χ4v) is 3.42. The molecule has 6 heteroatoms. The van der Waals surface area contributed by atoms with E-state index in [0.29, 0.717) is 18.0 Å². The lowest BCUT2D eigenvalue weighted by atomic mass is 10.1. The van der Waals surface area contributed by atoms with Crippen molar-refractivity contribution in [1.82, 2.24) is 9.38 Å². The van der Waals surface area contributed by atoms with Gasteiger partial charge in [-0.1, -0.05) is 12.1 Å². The normalized spacial score (nSPS) is 11.0. The van der Waals surface area contributed by atoms with Crippen LogP contribution in [0.2, 0.25) is 0 Å². The molecule has 114 valence electrons. The minimum atomic E-state index is -0.873. The van der Waals surface area contributed by atoms with Crippen LogP contribution in [0.3, 0.4) is 0 Å². The molecule has 3 rings (SSSR count). The Labute approximate surface area is 131 Å². The first-order valence-corrected chi connectivity index (χ1v) is 7.89. The monoisotopic (exact) mass is 316 g/mol. The van der Waals surface area contributed by atoms with Gasteiger partial charge in [0.25, 0.3) is 0 Å². The predicted octanol–water partition coefficient (Wildman–Crippen LogP) is 3.40. The molecule has 0 radical (unpaired) electrons. The number of aliphatic carboxylic acids is 1. The van der Waals surface area contributed by atoms with E-state index < -0.39 is 5.97 Å². The highest BCUT2D eigenvalue weighted by Gasteiger charge is 2.21. The first-order chi connectivity index (χ1) is 10.6. The number of carboxylic acid groups (broad SMARTS) is 1. The van der Waals surface area contributed by atoms with E-state index in [9.17, 15) is 9.90 Å². The summed E-state index contributed by atoms with van der Waals surface area (Å²) in [4.78, 5) is 16.7. The Bertz CT molecular complexity index is 835. The van der Waals surface area contributed by atoms with Crippen LogP contribution in [-0.4, -0.2) is 27.1 Å². The van der Waals surface area contributed by atoms with E-state index in [4.69, 9.17) is 4.74 Å². The molecule has 22 heavy (non-hydrogen) atoms. The fraction of sp³-hybridized carbons (Fsp3) is 0.250. The van der Waals surface area contributed by atoms with Crippen molar-refractivity contribution in [3.05, 3.63) is 41.0 Å². The average molecular weight is 316 g/mol. The second-order valence-corrected chi connectivity index (χ2v) is 5.74. The molecule has 0 aliphatic rings. The minimum Gasteiger partial charge on any atom is -0.493 e. The Morgan fingerprint density at radius 2 is 2.18 bits per heavy atom. The van der Waals surface area contributed by atoms with E-state index in [-0.39, 0.29) is 6.42 Å². The van der Waals surface area contributed by atoms with Crippen LogP contribution in [0, 0.1) is 6.92 Å². The second kappa shape index (κ2) is 5.81. The van der Waals surface area contributed by atoms with Gasteiger partial charge < -0.3 is 9.84 Å². The van der Waals surface area contributed by atoms with Crippen LogP contribution in [0.25, 0.3) is 16.2 Å². The molecule has 0 fully saturated rings. The third-order valence-corrected chi connectivity index (χ3v) is 4.33. The van der Waals surface area contributed by atoms with Gasteiger partial charge in [0.1, 0.15) is 5.75 Å². The summed E-state index contributed by atoms with van der Waals surface area (Å²) in [6.07, 6.45) is -0.0749. The molecule has 5 nitrogen and oxygen atoms in total. The van der Waals surface area contributed by atoms with Gasteiger partial charge in [-0.25, -0.2) is 4.98 Å². The number of para-hydroxylation sites is 1. The number of carbonyl (C=O) groups is 1. The summed E-state index contributed by atoms with van der Waals surface area (Å²) in [6, 6.07) is 7.60. The first-order valence-electron chi connectivity index (χ1n) is 7.01. The number of nitrogens with zero attached hydrogens (tertiary/aromatic N) is 2. The van der Waals surface area contributed by atoms with Gasteiger partial charge in [-0.05, 0) is 26.0 Å². The summed E-state index contributed by atoms with van der Waals surface area (Å²) in [5.74, 6) is -0.150. The van der Waals surface area contributed by atoms with Crippen molar-refractivity contribution in [3.63, 3.8) is 0 Å². The number of thiazole rings is 1. The van der Waals surface area contributed by atoms with E-state index in [2.05, 4.69) is 4.98 Å². The van der Waals surface area contributed by atoms with Crippen molar-refractivity contribution in [1.29, 1.82) is 0 Å². The van der Waals surface area contributed by atoms with Gasteiger partial charge in [0.05, 0.1) is 24.4 Å². The van der Waals surface area contributed by atoms with Crippen molar-refractivity contribution >= 4 is 22.3 Å². The highest BCUT2D eigenvalue weighted by Crippen LogP contribution is 2.34. The van der Waals surface area contributed by atoms with E-state index >= 15 is 0 Å². The number of benzene rings is 1. The molecule has 0 atom stereocenters. The largest absolute Gasteiger partial charge is 0.493 e. The summed E-state index contributed by atoms with van der Waals surface area (Å²) < 4.78 is 7.57. The first kappa shape index (κ1) is 14.6. The zero-order chi connectivity index (χ0) is 15.7. The van der Waals surface area contributed by atoms with Crippen LogP contribution in [0.4, 0.5) is 0 Å². The Kier molecular flexibility index (Phi) is 3.85. The van der Waals surface area contributed by atoms with Gasteiger partial charge in [0.15, 0.2) is 4.96 Å². The zero-order valence-corrected chi connectivity index (χ0v) is 13.2. The topological polar surface area (TPSA) is 63.8 Å². The number of hydrogen-bond acceptors (Lipinski definition) is 4. The SMILES string of the molecule is CCOc1ccccc1-c1nc2scc(C)n2c1CC(=O)O. The van der Waals surface area contributed by atoms with Crippen LogP contribution in [-0.2, 0) is 11.2 Å². The Morgan fingerprint density at radius 1 is 1.41 bits per heavy atom. The minimum absolute atomic E-state index is 0.0749. The van der Waals surface area contributed by atoms with Crippen molar-refractivity contribution in [2.45, 2.75) is 20.3 Å². The van der Waals surface area contributed by atoms with Crippen LogP contribution >= 0.6 is 11.3 Å². The van der Waals surface area contributed by atoms with Gasteiger partial charge >= 0.3 is 5.97 Å². The van der Waals surface area contributed by atoms with E-state index in [1.165, 1.54) is 11.3 Å². The van der Waals surface area contributed by atoms with E-state index in [1.807, 2.05) is 47.9 Å². The number of fused-ring (bicyclic) bond motifs is 1. The number of hydrogen-bond donors (Lipinski definition) is 1. The molecule has 0 unspecified atom stereocenters. The molecule has 0 aliphatic heterocycles. The van der Waals surface area contributed by atoms with Crippen LogP contribution < -0.4 is 4.74 Å². The molecule has 1 N–H and O–H groups in total. The number of ether oxygens (including phenoxy) is 1. The number of rotatable bonds is 5. The lowest BCUT2D eigenvalue weighted by Gasteiger charge is -2.09. The van der Waals surface area contributed by atoms with E-state index in [0.717, 1.165) is 22.0 Å². The summed E-state index contributed by atoms with van der Waals surface area (Å²) >= 11 is 1.51. The zero-order valence-electron chi connectivity index (χ0n) is 12.4. The molecule has 1 aromatic carbocycles. The molecule has 0 bridgehead atoms. The molecule has 3 aromatic rings. The van der Waals surface area contributed by atoms with Crippen LogP contribution in [0.5, 0.6) is 5.75 Å². The third-order valence-electron chi connectivity index (χ3n) is 3.39. The lowest BCUT2D eigenvalue weighted by molar-refractivity contribution is -0.136. The molecular formula is C16H16N2O3S. The molecule has 0 aliphatic carbocycles. The van der Waals surface area contributed by atoms with Crippen molar-refractivity contribution in [3.8, 4) is 17.0 Å². The summed E-state index contributed by atoms with van der Waals surface area (Å²) in [5, 5.41) is 11.2. The Hall–Kier alpha value is -2.34. The van der Waals surface area contributed by atoms with Crippen molar-refractivity contribution < 1.29 is 14.6 Å². The lowest BCUT2D eigenvalue weighted by Crippen LogP contribution is -2.05. The smallest absolute Gasteiger partial charge is 0.309 e. The van der Waals surface area contributed by atoms with Crippen molar-refractivity contribution in [2.75, 3.05) is 6.61 Å². The molecular weight excluding hydrogens is 300 g/mol. The van der Waals surface area contributed by atoms with Gasteiger partial charge in [0.2, 0.25) is 0 Å². The van der Waals surface area contributed by atoms with Crippen LogP contribution in [0.15, 0.2) is 29.6 Å². The van der Waals surface area contributed by atoms with Gasteiger partial charge in [-0.3, -0.25) is 9.20 Å². The summed E-state index contributed by atoms with van der Waals surface area (Å²) in [5.41, 5.74) is 3.19. The quantitative estimate of drug-likeness (QED) is 0.783. The van der Waals surface area contributed by atoms with Crippen molar-refractivity contribution in [2.24, 2.45) is 0 Å². The maximum absolute atomic E-state index is 11.3. The maximum atomic E-state index is 11.3. The average Bonchev–Trinajstić information content (AvgIpc) is 3.01. The van der Waals surface area contributed by atoms with Crippen LogP contribution in [0.1, 0.15) is 18.3 Å².